The summed E-state index contributed by atoms with van der Waals surface area (Å²) in [6.45, 7) is 5.25. The fraction of sp³-hybridized carbons (Fsp3) is 0.500. The van der Waals surface area contributed by atoms with Crippen molar-refractivity contribution in [1.82, 2.24) is 9.55 Å². The Morgan fingerprint density at radius 3 is 3.00 bits per heavy atom. The summed E-state index contributed by atoms with van der Waals surface area (Å²) in [6.07, 6.45) is 7.54. The summed E-state index contributed by atoms with van der Waals surface area (Å²) in [4.78, 5) is 5.65. The summed E-state index contributed by atoms with van der Waals surface area (Å²) in [6, 6.07) is 2.32. The second-order valence-electron chi connectivity index (χ2n) is 4.69. The maximum atomic E-state index is 6.11. The number of thiazole rings is 1. The standard InChI is InChI=1S/C14H21N3S/c1-3-4-13(15)12-5-7-17(9-12)8-6-14-11(2)16-10-18-14/h5,7,9-10,13H,3-4,6,8,15H2,1-2H3. The first kappa shape index (κ1) is 13.3. The Labute approximate surface area is 113 Å². The Morgan fingerprint density at radius 2 is 2.33 bits per heavy atom. The van der Waals surface area contributed by atoms with E-state index in [1.165, 1.54) is 10.4 Å². The van der Waals surface area contributed by atoms with Gasteiger partial charge >= 0.3 is 0 Å². The molecule has 2 aromatic rings. The number of nitrogens with zero attached hydrogens (tertiary/aromatic N) is 2. The second kappa shape index (κ2) is 6.16. The molecule has 98 valence electrons. The van der Waals surface area contributed by atoms with Crippen molar-refractivity contribution in [2.75, 3.05) is 0 Å². The van der Waals surface area contributed by atoms with Gasteiger partial charge in [-0.1, -0.05) is 13.3 Å². The van der Waals surface area contributed by atoms with Crippen molar-refractivity contribution >= 4 is 11.3 Å². The summed E-state index contributed by atoms with van der Waals surface area (Å²) in [7, 11) is 0. The molecule has 4 heteroatoms. The summed E-state index contributed by atoms with van der Waals surface area (Å²) in [5.74, 6) is 0. The molecule has 2 N–H and O–H groups in total. The van der Waals surface area contributed by atoms with Crippen LogP contribution >= 0.6 is 11.3 Å². The third kappa shape index (κ3) is 3.21. The molecule has 0 aromatic carbocycles. The quantitative estimate of drug-likeness (QED) is 0.869. The van der Waals surface area contributed by atoms with E-state index in [4.69, 9.17) is 5.73 Å². The van der Waals surface area contributed by atoms with E-state index >= 15 is 0 Å². The number of aromatic nitrogens is 2. The fourth-order valence-corrected chi connectivity index (χ4v) is 2.86. The maximum absolute atomic E-state index is 6.11. The fourth-order valence-electron chi connectivity index (χ4n) is 2.09. The van der Waals surface area contributed by atoms with Gasteiger partial charge in [0.1, 0.15) is 0 Å². The molecule has 0 amide bonds. The summed E-state index contributed by atoms with van der Waals surface area (Å²) < 4.78 is 2.23. The minimum atomic E-state index is 0.182. The normalized spacial score (nSPS) is 12.8. The highest BCUT2D eigenvalue weighted by Gasteiger charge is 2.07. The Hall–Kier alpha value is -1.13. The monoisotopic (exact) mass is 263 g/mol. The van der Waals surface area contributed by atoms with Crippen LogP contribution in [0.3, 0.4) is 0 Å². The predicted molar refractivity (Wildman–Crippen MR) is 76.8 cm³/mol. The Balaban J connectivity index is 1.93. The summed E-state index contributed by atoms with van der Waals surface area (Å²) >= 11 is 1.74. The molecule has 1 unspecified atom stereocenters. The van der Waals surface area contributed by atoms with Crippen LogP contribution in [0.5, 0.6) is 0 Å². The van der Waals surface area contributed by atoms with Gasteiger partial charge in [-0.2, -0.15) is 0 Å². The molecule has 0 radical (unpaired) electrons. The van der Waals surface area contributed by atoms with Crippen LogP contribution < -0.4 is 5.73 Å². The molecule has 2 heterocycles. The van der Waals surface area contributed by atoms with Crippen molar-refractivity contribution in [3.8, 4) is 0 Å². The van der Waals surface area contributed by atoms with Gasteiger partial charge < -0.3 is 10.3 Å². The lowest BCUT2D eigenvalue weighted by molar-refractivity contribution is 0.632. The van der Waals surface area contributed by atoms with Crippen LogP contribution in [-0.2, 0) is 13.0 Å². The van der Waals surface area contributed by atoms with E-state index in [0.717, 1.165) is 31.5 Å². The third-order valence-corrected chi connectivity index (χ3v) is 4.24. The van der Waals surface area contributed by atoms with Crippen LogP contribution in [0.1, 0.15) is 41.9 Å². The molecular weight excluding hydrogens is 242 g/mol. The Morgan fingerprint density at radius 1 is 1.50 bits per heavy atom. The van der Waals surface area contributed by atoms with Crippen molar-refractivity contribution in [2.24, 2.45) is 5.73 Å². The summed E-state index contributed by atoms with van der Waals surface area (Å²) in [5, 5.41) is 0. The molecule has 0 aliphatic rings. The van der Waals surface area contributed by atoms with Gasteiger partial charge in [-0.25, -0.2) is 4.98 Å². The minimum absolute atomic E-state index is 0.182. The average Bonchev–Trinajstić information content (AvgIpc) is 2.96. The highest BCUT2D eigenvalue weighted by atomic mass is 32.1. The lowest BCUT2D eigenvalue weighted by Gasteiger charge is -2.07. The lowest BCUT2D eigenvalue weighted by atomic mass is 10.1. The zero-order chi connectivity index (χ0) is 13.0. The minimum Gasteiger partial charge on any atom is -0.354 e. The van der Waals surface area contributed by atoms with Crippen LogP contribution in [0, 0.1) is 6.92 Å². The van der Waals surface area contributed by atoms with Crippen molar-refractivity contribution in [2.45, 2.75) is 45.7 Å². The SMILES string of the molecule is CCCC(N)c1ccn(CCc2scnc2C)c1. The van der Waals surface area contributed by atoms with Crippen molar-refractivity contribution in [3.63, 3.8) is 0 Å². The molecular formula is C14H21N3S. The zero-order valence-electron chi connectivity index (χ0n) is 11.1. The van der Waals surface area contributed by atoms with E-state index in [0.29, 0.717) is 0 Å². The molecule has 0 bridgehead atoms. The summed E-state index contributed by atoms with van der Waals surface area (Å²) in [5.41, 5.74) is 10.4. The van der Waals surface area contributed by atoms with E-state index in [1.54, 1.807) is 11.3 Å². The number of rotatable bonds is 6. The van der Waals surface area contributed by atoms with Gasteiger partial charge in [-0.3, -0.25) is 0 Å². The molecule has 0 aliphatic carbocycles. The van der Waals surface area contributed by atoms with E-state index < -0.39 is 0 Å². The van der Waals surface area contributed by atoms with E-state index in [-0.39, 0.29) is 6.04 Å². The molecule has 0 spiro atoms. The first-order chi connectivity index (χ1) is 8.70. The first-order valence-corrected chi connectivity index (χ1v) is 7.39. The second-order valence-corrected chi connectivity index (χ2v) is 5.63. The predicted octanol–water partition coefficient (Wildman–Crippen LogP) is 3.30. The average molecular weight is 263 g/mol. The van der Waals surface area contributed by atoms with Crippen LogP contribution in [0.4, 0.5) is 0 Å². The lowest BCUT2D eigenvalue weighted by Crippen LogP contribution is -2.08. The molecule has 2 aromatic heterocycles. The van der Waals surface area contributed by atoms with Crippen molar-refractivity contribution in [1.29, 1.82) is 0 Å². The van der Waals surface area contributed by atoms with Gasteiger partial charge in [0, 0.05) is 36.3 Å². The third-order valence-electron chi connectivity index (χ3n) is 3.24. The number of hydrogen-bond acceptors (Lipinski definition) is 3. The number of aryl methyl sites for hydroxylation is 3. The molecule has 0 saturated carbocycles. The van der Waals surface area contributed by atoms with Crippen molar-refractivity contribution < 1.29 is 0 Å². The van der Waals surface area contributed by atoms with Gasteiger partial charge in [-0.05, 0) is 25.0 Å². The van der Waals surface area contributed by atoms with Crippen LogP contribution in [0.25, 0.3) is 0 Å². The molecule has 0 aliphatic heterocycles. The van der Waals surface area contributed by atoms with Crippen LogP contribution in [0.2, 0.25) is 0 Å². The van der Waals surface area contributed by atoms with Gasteiger partial charge in [0.2, 0.25) is 0 Å². The largest absolute Gasteiger partial charge is 0.354 e. The molecule has 3 nitrogen and oxygen atoms in total. The van der Waals surface area contributed by atoms with Crippen molar-refractivity contribution in [3.05, 3.63) is 40.1 Å². The Bertz CT molecular complexity index is 487. The van der Waals surface area contributed by atoms with Gasteiger partial charge in [0.15, 0.2) is 0 Å². The highest BCUT2D eigenvalue weighted by Crippen LogP contribution is 2.17. The molecule has 1 atom stereocenters. The zero-order valence-corrected chi connectivity index (χ0v) is 11.9. The first-order valence-electron chi connectivity index (χ1n) is 6.51. The number of nitrogens with two attached hydrogens (primary N) is 1. The van der Waals surface area contributed by atoms with Crippen LogP contribution in [-0.4, -0.2) is 9.55 Å². The highest BCUT2D eigenvalue weighted by molar-refractivity contribution is 7.09. The topological polar surface area (TPSA) is 43.8 Å². The molecule has 0 fully saturated rings. The van der Waals surface area contributed by atoms with Gasteiger partial charge in [0.25, 0.3) is 0 Å². The van der Waals surface area contributed by atoms with E-state index in [1.807, 2.05) is 5.51 Å². The van der Waals surface area contributed by atoms with Gasteiger partial charge in [0.05, 0.1) is 11.2 Å². The smallest absolute Gasteiger partial charge is 0.0797 e. The van der Waals surface area contributed by atoms with E-state index in [9.17, 15) is 0 Å². The van der Waals surface area contributed by atoms with Crippen LogP contribution in [0.15, 0.2) is 24.0 Å². The molecule has 2 rings (SSSR count). The molecule has 0 saturated heterocycles. The number of hydrogen-bond donors (Lipinski definition) is 1. The Kier molecular flexibility index (Phi) is 4.55. The molecule has 18 heavy (non-hydrogen) atoms. The maximum Gasteiger partial charge on any atom is 0.0797 e. The van der Waals surface area contributed by atoms with Gasteiger partial charge in [-0.15, -0.1) is 11.3 Å². The van der Waals surface area contributed by atoms with E-state index in [2.05, 4.69) is 41.9 Å².